The van der Waals surface area contributed by atoms with Crippen LogP contribution in [0.15, 0.2) is 41.3 Å². The molecule has 0 saturated heterocycles. The number of anilines is 1. The molecule has 21 heavy (non-hydrogen) atoms. The van der Waals surface area contributed by atoms with Gasteiger partial charge in [0.1, 0.15) is 0 Å². The van der Waals surface area contributed by atoms with E-state index in [1.807, 2.05) is 43.3 Å². The van der Waals surface area contributed by atoms with E-state index in [1.165, 1.54) is 16.6 Å². The van der Waals surface area contributed by atoms with E-state index in [2.05, 4.69) is 4.72 Å². The van der Waals surface area contributed by atoms with E-state index >= 15 is 0 Å². The Hall–Kier alpha value is -1.02. The van der Waals surface area contributed by atoms with Gasteiger partial charge in [-0.05, 0) is 43.3 Å². The maximum Gasteiger partial charge on any atom is 0.212 e. The van der Waals surface area contributed by atoms with Crippen LogP contribution in [0.3, 0.4) is 0 Å². The molecule has 1 aromatic carbocycles. The van der Waals surface area contributed by atoms with Gasteiger partial charge in [-0.3, -0.25) is 0 Å². The summed E-state index contributed by atoms with van der Waals surface area (Å²) in [5, 5.41) is 0. The average Bonchev–Trinajstić information content (AvgIpc) is 2.85. The Morgan fingerprint density at radius 1 is 1.19 bits per heavy atom. The zero-order chi connectivity index (χ0) is 15.3. The molecule has 4 nitrogen and oxygen atoms in total. The number of thiophene rings is 1. The summed E-state index contributed by atoms with van der Waals surface area (Å²) in [6.07, 6.45) is 0. The molecular weight excluding hydrogens is 324 g/mol. The van der Waals surface area contributed by atoms with Crippen molar-refractivity contribution >= 4 is 38.8 Å². The predicted molar refractivity (Wildman–Crippen MR) is 91.3 cm³/mol. The van der Waals surface area contributed by atoms with E-state index in [1.54, 1.807) is 11.3 Å². The number of rotatable bonds is 7. The topological polar surface area (TPSA) is 72.2 Å². The Balaban J connectivity index is 1.77. The van der Waals surface area contributed by atoms with Gasteiger partial charge in [0.05, 0.1) is 5.75 Å². The van der Waals surface area contributed by atoms with Crippen LogP contribution in [0.5, 0.6) is 0 Å². The zero-order valence-electron chi connectivity index (χ0n) is 11.7. The molecule has 0 aliphatic heterocycles. The molecule has 0 radical (unpaired) electrons. The summed E-state index contributed by atoms with van der Waals surface area (Å²) in [6, 6.07) is 11.4. The number of aryl methyl sites for hydroxylation is 1. The lowest BCUT2D eigenvalue weighted by Crippen LogP contribution is -2.26. The average molecular weight is 343 g/mol. The van der Waals surface area contributed by atoms with Crippen LogP contribution in [0.4, 0.5) is 5.69 Å². The zero-order valence-corrected chi connectivity index (χ0v) is 14.2. The third-order valence-electron chi connectivity index (χ3n) is 2.76. The molecule has 0 spiro atoms. The van der Waals surface area contributed by atoms with Crippen LogP contribution >= 0.6 is 23.1 Å². The van der Waals surface area contributed by atoms with Gasteiger partial charge in [0.15, 0.2) is 0 Å². The Bertz CT molecular complexity index is 678. The van der Waals surface area contributed by atoms with Crippen molar-refractivity contribution < 1.29 is 8.42 Å². The van der Waals surface area contributed by atoms with Crippen molar-refractivity contribution in [1.29, 1.82) is 0 Å². The molecule has 2 aromatic rings. The van der Waals surface area contributed by atoms with E-state index in [0.717, 1.165) is 9.77 Å². The first kappa shape index (κ1) is 16.4. The van der Waals surface area contributed by atoms with E-state index in [0.29, 0.717) is 18.0 Å². The van der Waals surface area contributed by atoms with Crippen molar-refractivity contribution in [1.82, 2.24) is 4.72 Å². The number of hydrogen-bond acceptors (Lipinski definition) is 5. The molecule has 0 atom stereocenters. The number of thioether (sulfide) groups is 1. The SMILES string of the molecule is Cc1ccc(CNS(=O)(=O)CCSc2ccc(N)cc2)s1. The lowest BCUT2D eigenvalue weighted by atomic mass is 10.3. The van der Waals surface area contributed by atoms with Gasteiger partial charge in [0, 0.05) is 32.6 Å². The number of sulfonamides is 1. The molecule has 0 unspecified atom stereocenters. The molecule has 0 aliphatic rings. The molecule has 2 rings (SSSR count). The molecular formula is C14H18N2O2S3. The van der Waals surface area contributed by atoms with Gasteiger partial charge in [0.25, 0.3) is 0 Å². The van der Waals surface area contributed by atoms with E-state index in [4.69, 9.17) is 5.73 Å². The Kier molecular flexibility index (Phi) is 5.69. The molecule has 1 heterocycles. The molecule has 1 aromatic heterocycles. The van der Waals surface area contributed by atoms with E-state index in [-0.39, 0.29) is 5.75 Å². The fourth-order valence-electron chi connectivity index (χ4n) is 1.67. The molecule has 0 amide bonds. The summed E-state index contributed by atoms with van der Waals surface area (Å²) in [5.41, 5.74) is 6.32. The molecule has 0 fully saturated rings. The van der Waals surface area contributed by atoms with Gasteiger partial charge >= 0.3 is 0 Å². The normalized spacial score (nSPS) is 11.7. The smallest absolute Gasteiger partial charge is 0.212 e. The van der Waals surface area contributed by atoms with Crippen molar-refractivity contribution in [3.63, 3.8) is 0 Å². The Morgan fingerprint density at radius 3 is 2.52 bits per heavy atom. The second-order valence-electron chi connectivity index (χ2n) is 4.57. The molecule has 0 saturated carbocycles. The summed E-state index contributed by atoms with van der Waals surface area (Å²) >= 11 is 3.12. The minimum absolute atomic E-state index is 0.104. The maximum absolute atomic E-state index is 11.9. The maximum atomic E-state index is 11.9. The first-order valence-corrected chi connectivity index (χ1v) is 9.91. The van der Waals surface area contributed by atoms with Crippen molar-refractivity contribution in [3.8, 4) is 0 Å². The lowest BCUT2D eigenvalue weighted by Gasteiger charge is -2.06. The van der Waals surface area contributed by atoms with Gasteiger partial charge in [0.2, 0.25) is 10.0 Å². The highest BCUT2D eigenvalue weighted by molar-refractivity contribution is 8.00. The molecule has 0 bridgehead atoms. The Labute approximate surface area is 133 Å². The third kappa shape index (κ3) is 5.70. The Morgan fingerprint density at radius 2 is 1.90 bits per heavy atom. The highest BCUT2D eigenvalue weighted by Gasteiger charge is 2.10. The van der Waals surface area contributed by atoms with Crippen LogP contribution < -0.4 is 10.5 Å². The van der Waals surface area contributed by atoms with Crippen LogP contribution in [0, 0.1) is 6.92 Å². The van der Waals surface area contributed by atoms with Gasteiger partial charge in [-0.25, -0.2) is 13.1 Å². The minimum atomic E-state index is -3.24. The van der Waals surface area contributed by atoms with Gasteiger partial charge in [-0.15, -0.1) is 23.1 Å². The van der Waals surface area contributed by atoms with Crippen molar-refractivity contribution in [3.05, 3.63) is 46.2 Å². The van der Waals surface area contributed by atoms with Crippen LogP contribution in [-0.4, -0.2) is 19.9 Å². The summed E-state index contributed by atoms with van der Waals surface area (Å²) in [5.74, 6) is 0.620. The first-order valence-electron chi connectivity index (χ1n) is 6.46. The van der Waals surface area contributed by atoms with Crippen molar-refractivity contribution in [2.75, 3.05) is 17.2 Å². The standard InChI is InChI=1S/C14H18N2O2S3/c1-11-2-5-14(20-11)10-16-21(17,18)9-8-19-13-6-3-12(15)4-7-13/h2-7,16H,8-10,15H2,1H3. The van der Waals surface area contributed by atoms with Crippen molar-refractivity contribution in [2.45, 2.75) is 18.4 Å². The fourth-order valence-corrected chi connectivity index (χ4v) is 4.88. The molecule has 3 N–H and O–H groups in total. The largest absolute Gasteiger partial charge is 0.399 e. The van der Waals surface area contributed by atoms with Crippen LogP contribution in [0.25, 0.3) is 0 Å². The minimum Gasteiger partial charge on any atom is -0.399 e. The molecule has 0 aliphatic carbocycles. The van der Waals surface area contributed by atoms with Gasteiger partial charge < -0.3 is 5.73 Å². The summed E-state index contributed by atoms with van der Waals surface area (Å²) in [7, 11) is -3.24. The third-order valence-corrected chi connectivity index (χ3v) is 6.36. The van der Waals surface area contributed by atoms with Crippen LogP contribution in [0.2, 0.25) is 0 Å². The fraction of sp³-hybridized carbons (Fsp3) is 0.286. The number of benzene rings is 1. The summed E-state index contributed by atoms with van der Waals surface area (Å²) in [4.78, 5) is 3.23. The highest BCUT2D eigenvalue weighted by atomic mass is 32.2. The summed E-state index contributed by atoms with van der Waals surface area (Å²) < 4.78 is 26.5. The molecule has 7 heteroatoms. The highest BCUT2D eigenvalue weighted by Crippen LogP contribution is 2.19. The number of hydrogen-bond donors (Lipinski definition) is 2. The van der Waals surface area contributed by atoms with Crippen molar-refractivity contribution in [2.24, 2.45) is 0 Å². The quantitative estimate of drug-likeness (QED) is 0.599. The second kappa shape index (κ2) is 7.31. The predicted octanol–water partition coefficient (Wildman–Crippen LogP) is 2.85. The van der Waals surface area contributed by atoms with E-state index < -0.39 is 10.0 Å². The van der Waals surface area contributed by atoms with Crippen LogP contribution in [-0.2, 0) is 16.6 Å². The van der Waals surface area contributed by atoms with Crippen LogP contribution in [0.1, 0.15) is 9.75 Å². The van der Waals surface area contributed by atoms with Gasteiger partial charge in [-0.2, -0.15) is 0 Å². The molecule has 114 valence electrons. The number of nitrogen functional groups attached to an aromatic ring is 1. The number of nitrogens with one attached hydrogen (secondary N) is 1. The second-order valence-corrected chi connectivity index (χ2v) is 9.04. The monoisotopic (exact) mass is 342 g/mol. The van der Waals surface area contributed by atoms with Gasteiger partial charge in [-0.1, -0.05) is 0 Å². The number of nitrogens with two attached hydrogens (primary N) is 1. The first-order chi connectivity index (χ1) is 9.94. The summed E-state index contributed by atoms with van der Waals surface area (Å²) in [6.45, 7) is 2.37. The lowest BCUT2D eigenvalue weighted by molar-refractivity contribution is 0.583. The van der Waals surface area contributed by atoms with E-state index in [9.17, 15) is 8.42 Å².